The van der Waals surface area contributed by atoms with E-state index in [4.69, 9.17) is 0 Å². The van der Waals surface area contributed by atoms with Gasteiger partial charge in [0.05, 0.1) is 16.8 Å². The summed E-state index contributed by atoms with van der Waals surface area (Å²) in [6, 6.07) is 12.1. The molecule has 4 rings (SSSR count). The van der Waals surface area contributed by atoms with Gasteiger partial charge in [0.15, 0.2) is 0 Å². The Hall–Kier alpha value is -2.47. The first-order valence-corrected chi connectivity index (χ1v) is 9.31. The number of aromatic nitrogens is 1. The summed E-state index contributed by atoms with van der Waals surface area (Å²) in [4.78, 5) is 19.2. The molecule has 4 nitrogen and oxygen atoms in total. The number of nitrogens with zero attached hydrogens (tertiary/aromatic N) is 2. The lowest BCUT2D eigenvalue weighted by Gasteiger charge is -2.19. The van der Waals surface area contributed by atoms with Crippen molar-refractivity contribution >= 4 is 44.1 Å². The molecule has 0 radical (unpaired) electrons. The second-order valence-corrected chi connectivity index (χ2v) is 7.26. The van der Waals surface area contributed by atoms with Crippen LogP contribution in [0.4, 0.5) is 15.8 Å². The van der Waals surface area contributed by atoms with E-state index in [1.54, 1.807) is 12.3 Å². The van der Waals surface area contributed by atoms with Gasteiger partial charge in [0.25, 0.3) is 5.91 Å². The average Bonchev–Trinajstić information content (AvgIpc) is 3.18. The van der Waals surface area contributed by atoms with Crippen LogP contribution in [0.3, 0.4) is 0 Å². The van der Waals surface area contributed by atoms with Gasteiger partial charge in [-0.2, -0.15) is 0 Å². The monoisotopic (exact) mass is 413 g/mol. The zero-order valence-corrected chi connectivity index (χ0v) is 15.6. The van der Waals surface area contributed by atoms with E-state index in [2.05, 4.69) is 26.2 Å². The van der Waals surface area contributed by atoms with Gasteiger partial charge in [-0.15, -0.1) is 0 Å². The van der Waals surface area contributed by atoms with Crippen LogP contribution < -0.4 is 5.32 Å². The van der Waals surface area contributed by atoms with E-state index in [0.29, 0.717) is 22.2 Å². The molecule has 1 fully saturated rings. The number of anilines is 2. The van der Waals surface area contributed by atoms with Gasteiger partial charge in [-0.3, -0.25) is 9.78 Å². The van der Waals surface area contributed by atoms with Crippen LogP contribution in [-0.4, -0.2) is 28.9 Å². The molecule has 1 amide bonds. The highest BCUT2D eigenvalue weighted by molar-refractivity contribution is 9.10. The molecule has 2 heterocycles. The largest absolute Gasteiger partial charge is 0.354 e. The number of hydrogen-bond acceptors (Lipinski definition) is 3. The van der Waals surface area contributed by atoms with Crippen LogP contribution >= 0.6 is 15.9 Å². The Balaban J connectivity index is 1.84. The molecule has 1 N–H and O–H groups in total. The minimum atomic E-state index is -0.357. The van der Waals surface area contributed by atoms with Crippen molar-refractivity contribution in [1.82, 2.24) is 9.88 Å². The summed E-state index contributed by atoms with van der Waals surface area (Å²) in [6.45, 7) is 1.50. The highest BCUT2D eigenvalue weighted by Gasteiger charge is 2.24. The third-order valence-electron chi connectivity index (χ3n) is 4.57. The Kier molecular flexibility index (Phi) is 4.59. The van der Waals surface area contributed by atoms with Crippen molar-refractivity contribution in [2.75, 3.05) is 18.4 Å². The third kappa shape index (κ3) is 3.29. The lowest BCUT2D eigenvalue weighted by Crippen LogP contribution is -2.28. The first-order chi connectivity index (χ1) is 12.6. The Morgan fingerprint density at radius 3 is 2.58 bits per heavy atom. The Morgan fingerprint density at radius 1 is 1.12 bits per heavy atom. The molecule has 1 aromatic heterocycles. The lowest BCUT2D eigenvalue weighted by atomic mass is 10.1. The second-order valence-electron chi connectivity index (χ2n) is 6.34. The van der Waals surface area contributed by atoms with E-state index in [1.807, 2.05) is 29.2 Å². The van der Waals surface area contributed by atoms with E-state index >= 15 is 0 Å². The molecule has 0 bridgehead atoms. The third-order valence-corrected chi connectivity index (χ3v) is 5.10. The van der Waals surface area contributed by atoms with E-state index in [1.165, 1.54) is 12.1 Å². The van der Waals surface area contributed by atoms with Crippen LogP contribution in [0.1, 0.15) is 23.2 Å². The van der Waals surface area contributed by atoms with Crippen molar-refractivity contribution in [1.29, 1.82) is 0 Å². The van der Waals surface area contributed by atoms with Crippen molar-refractivity contribution in [2.24, 2.45) is 0 Å². The number of benzene rings is 2. The van der Waals surface area contributed by atoms with Crippen LogP contribution in [0.15, 0.2) is 53.1 Å². The SMILES string of the molecule is O=C(c1cnc2ccc(F)cc2c1Nc1ccc(Br)cc1)N1CCCC1. The Bertz CT molecular complexity index is 969. The molecule has 0 unspecified atom stereocenters. The maximum Gasteiger partial charge on any atom is 0.257 e. The smallest absolute Gasteiger partial charge is 0.257 e. The quantitative estimate of drug-likeness (QED) is 0.648. The summed E-state index contributed by atoms with van der Waals surface area (Å²) in [5.74, 6) is -0.426. The number of halogens is 2. The minimum Gasteiger partial charge on any atom is -0.354 e. The molecule has 132 valence electrons. The molecule has 0 spiro atoms. The zero-order valence-electron chi connectivity index (χ0n) is 14.0. The molecule has 2 aromatic carbocycles. The van der Waals surface area contributed by atoms with Crippen LogP contribution in [0.5, 0.6) is 0 Å². The number of likely N-dealkylation sites (tertiary alicyclic amines) is 1. The molecule has 0 saturated carbocycles. The predicted molar refractivity (Wildman–Crippen MR) is 104 cm³/mol. The highest BCUT2D eigenvalue weighted by atomic mass is 79.9. The molecule has 1 saturated heterocycles. The molecule has 1 aliphatic heterocycles. The molecule has 0 aliphatic carbocycles. The van der Waals surface area contributed by atoms with Crippen LogP contribution in [0.25, 0.3) is 10.9 Å². The zero-order chi connectivity index (χ0) is 18.1. The maximum absolute atomic E-state index is 13.9. The fourth-order valence-electron chi connectivity index (χ4n) is 3.23. The van der Waals surface area contributed by atoms with Crippen molar-refractivity contribution in [3.8, 4) is 0 Å². The summed E-state index contributed by atoms with van der Waals surface area (Å²) >= 11 is 3.41. The summed E-state index contributed by atoms with van der Waals surface area (Å²) < 4.78 is 14.8. The first kappa shape index (κ1) is 17.0. The highest BCUT2D eigenvalue weighted by Crippen LogP contribution is 2.31. The van der Waals surface area contributed by atoms with Crippen molar-refractivity contribution < 1.29 is 9.18 Å². The van der Waals surface area contributed by atoms with Gasteiger partial charge < -0.3 is 10.2 Å². The van der Waals surface area contributed by atoms with Crippen LogP contribution in [-0.2, 0) is 0 Å². The van der Waals surface area contributed by atoms with Crippen molar-refractivity contribution in [3.63, 3.8) is 0 Å². The number of carbonyl (C=O) groups excluding carboxylic acids is 1. The number of carbonyl (C=O) groups is 1. The molecule has 6 heteroatoms. The van der Waals surface area contributed by atoms with Gasteiger partial charge in [0.2, 0.25) is 0 Å². The second kappa shape index (κ2) is 7.03. The minimum absolute atomic E-state index is 0.0687. The van der Waals surface area contributed by atoms with E-state index in [-0.39, 0.29) is 11.7 Å². The van der Waals surface area contributed by atoms with Crippen molar-refractivity contribution in [2.45, 2.75) is 12.8 Å². The Morgan fingerprint density at radius 2 is 1.85 bits per heavy atom. The predicted octanol–water partition coefficient (Wildman–Crippen LogP) is 5.12. The fourth-order valence-corrected chi connectivity index (χ4v) is 3.49. The van der Waals surface area contributed by atoms with Crippen molar-refractivity contribution in [3.05, 3.63) is 64.5 Å². The van der Waals surface area contributed by atoms with Crippen LogP contribution in [0, 0.1) is 5.82 Å². The number of hydrogen-bond donors (Lipinski definition) is 1. The number of amides is 1. The molecule has 1 aliphatic rings. The summed E-state index contributed by atoms with van der Waals surface area (Å²) in [6.07, 6.45) is 3.61. The molecule has 3 aromatic rings. The number of fused-ring (bicyclic) bond motifs is 1. The van der Waals surface area contributed by atoms with Gasteiger partial charge >= 0.3 is 0 Å². The average molecular weight is 414 g/mol. The standard InChI is InChI=1S/C20H17BrFN3O/c21-13-3-6-15(7-4-13)24-19-16-11-14(22)5-8-18(16)23-12-17(19)20(26)25-9-1-2-10-25/h3-8,11-12H,1-2,9-10H2,(H,23,24). The van der Waals surface area contributed by atoms with Gasteiger partial charge in [-0.25, -0.2) is 4.39 Å². The fraction of sp³-hybridized carbons (Fsp3) is 0.200. The topological polar surface area (TPSA) is 45.2 Å². The molecular formula is C20H17BrFN3O. The molecule has 26 heavy (non-hydrogen) atoms. The van der Waals surface area contributed by atoms with Gasteiger partial charge in [-0.1, -0.05) is 15.9 Å². The number of rotatable bonds is 3. The number of nitrogens with one attached hydrogen (secondary N) is 1. The summed E-state index contributed by atoms with van der Waals surface area (Å²) in [7, 11) is 0. The van der Waals surface area contributed by atoms with Crippen LogP contribution in [0.2, 0.25) is 0 Å². The first-order valence-electron chi connectivity index (χ1n) is 8.52. The van der Waals surface area contributed by atoms with Gasteiger partial charge in [0, 0.05) is 34.8 Å². The summed E-state index contributed by atoms with van der Waals surface area (Å²) in [5.41, 5.74) is 2.52. The lowest BCUT2D eigenvalue weighted by molar-refractivity contribution is 0.0793. The number of pyridine rings is 1. The van der Waals surface area contributed by atoms with Gasteiger partial charge in [-0.05, 0) is 55.3 Å². The molecular weight excluding hydrogens is 397 g/mol. The van der Waals surface area contributed by atoms with E-state index in [0.717, 1.165) is 36.1 Å². The summed E-state index contributed by atoms with van der Waals surface area (Å²) in [5, 5.41) is 3.89. The van der Waals surface area contributed by atoms with Gasteiger partial charge in [0.1, 0.15) is 5.82 Å². The molecule has 0 atom stereocenters. The normalized spacial score (nSPS) is 14.0. The maximum atomic E-state index is 13.9. The van der Waals surface area contributed by atoms with E-state index < -0.39 is 0 Å². The van der Waals surface area contributed by atoms with E-state index in [9.17, 15) is 9.18 Å². The Labute approximate surface area is 159 Å².